The molecule has 0 amide bonds. The Balaban J connectivity index is 1.98. The summed E-state index contributed by atoms with van der Waals surface area (Å²) in [4.78, 5) is 23.1. The number of carboxylic acids is 2. The molecule has 25 heavy (non-hydrogen) atoms. The van der Waals surface area contributed by atoms with Crippen molar-refractivity contribution < 1.29 is 19.8 Å². The van der Waals surface area contributed by atoms with Crippen LogP contribution >= 0.6 is 0 Å². The zero-order valence-electron chi connectivity index (χ0n) is 13.3. The van der Waals surface area contributed by atoms with Gasteiger partial charge in [0.05, 0.1) is 12.3 Å². The van der Waals surface area contributed by atoms with E-state index in [9.17, 15) is 19.8 Å². The largest absolute Gasteiger partial charge is 0.481 e. The summed E-state index contributed by atoms with van der Waals surface area (Å²) in [5.74, 6) is -3.63. The first-order chi connectivity index (χ1) is 12.1. The number of fused-ring (bicyclic) bond motifs is 4. The van der Waals surface area contributed by atoms with Crippen molar-refractivity contribution in [2.45, 2.75) is 12.3 Å². The lowest BCUT2D eigenvalue weighted by Gasteiger charge is -2.21. The lowest BCUT2D eigenvalue weighted by atomic mass is 9.82. The Labute approximate surface area is 144 Å². The van der Waals surface area contributed by atoms with Gasteiger partial charge in [-0.1, -0.05) is 48.5 Å². The minimum absolute atomic E-state index is 0.402. The Bertz CT molecular complexity index is 1010. The van der Waals surface area contributed by atoms with Gasteiger partial charge in [-0.25, -0.2) is 0 Å². The Morgan fingerprint density at radius 1 is 0.840 bits per heavy atom. The number of carboxylic acid groups (broad SMARTS) is 2. The van der Waals surface area contributed by atoms with E-state index in [-0.39, 0.29) is 0 Å². The molecule has 0 fully saturated rings. The van der Waals surface area contributed by atoms with E-state index in [2.05, 4.69) is 6.07 Å². The van der Waals surface area contributed by atoms with E-state index in [1.54, 1.807) is 0 Å². The average molecular weight is 332 g/mol. The van der Waals surface area contributed by atoms with Crippen LogP contribution in [0.4, 0.5) is 0 Å². The van der Waals surface area contributed by atoms with E-state index >= 15 is 0 Å². The first kappa shape index (κ1) is 15.4. The fourth-order valence-corrected chi connectivity index (χ4v) is 3.90. The van der Waals surface area contributed by atoms with Gasteiger partial charge in [0.1, 0.15) is 0 Å². The maximum atomic E-state index is 11.8. The predicted molar refractivity (Wildman–Crippen MR) is 94.6 cm³/mol. The van der Waals surface area contributed by atoms with Crippen LogP contribution in [0.1, 0.15) is 23.5 Å². The molecule has 2 unspecified atom stereocenters. The zero-order valence-corrected chi connectivity index (χ0v) is 13.3. The van der Waals surface area contributed by atoms with Gasteiger partial charge in [-0.2, -0.15) is 0 Å². The number of aliphatic carboxylic acids is 2. The van der Waals surface area contributed by atoms with Crippen molar-refractivity contribution in [3.05, 3.63) is 71.8 Å². The zero-order chi connectivity index (χ0) is 17.6. The minimum Gasteiger partial charge on any atom is -0.481 e. The second-order valence-corrected chi connectivity index (χ2v) is 6.39. The molecular formula is C21H16O4. The van der Waals surface area contributed by atoms with E-state index in [0.29, 0.717) is 0 Å². The van der Waals surface area contributed by atoms with Crippen LogP contribution in [0.2, 0.25) is 0 Å². The van der Waals surface area contributed by atoms with Crippen molar-refractivity contribution >= 4 is 22.7 Å². The van der Waals surface area contributed by atoms with Crippen LogP contribution in [0.25, 0.3) is 21.9 Å². The second kappa shape index (κ2) is 5.74. The molecule has 3 aromatic carbocycles. The summed E-state index contributed by atoms with van der Waals surface area (Å²) in [7, 11) is 0. The highest BCUT2D eigenvalue weighted by Crippen LogP contribution is 2.50. The Morgan fingerprint density at radius 3 is 2.16 bits per heavy atom. The molecule has 4 nitrogen and oxygen atoms in total. The van der Waals surface area contributed by atoms with Crippen LogP contribution in [-0.2, 0) is 9.59 Å². The molecule has 0 heterocycles. The summed E-state index contributed by atoms with van der Waals surface area (Å²) in [6, 6.07) is 19.7. The van der Waals surface area contributed by atoms with Crippen LogP contribution in [0, 0.1) is 5.92 Å². The molecule has 0 saturated carbocycles. The summed E-state index contributed by atoms with van der Waals surface area (Å²) in [5.41, 5.74) is 3.77. The van der Waals surface area contributed by atoms with Gasteiger partial charge in [0.15, 0.2) is 0 Å². The topological polar surface area (TPSA) is 74.6 Å². The number of hydrogen-bond donors (Lipinski definition) is 2. The van der Waals surface area contributed by atoms with Gasteiger partial charge in [0.25, 0.3) is 0 Å². The van der Waals surface area contributed by atoms with Crippen molar-refractivity contribution in [2.75, 3.05) is 0 Å². The van der Waals surface area contributed by atoms with Crippen LogP contribution in [-0.4, -0.2) is 22.2 Å². The Hall–Kier alpha value is -3.14. The molecular weight excluding hydrogens is 316 g/mol. The quantitative estimate of drug-likeness (QED) is 0.753. The number of carbonyl (C=O) groups is 2. The molecule has 124 valence electrons. The number of benzene rings is 3. The molecule has 1 aliphatic rings. The van der Waals surface area contributed by atoms with Gasteiger partial charge in [-0.3, -0.25) is 9.59 Å². The molecule has 0 spiro atoms. The van der Waals surface area contributed by atoms with Gasteiger partial charge in [-0.15, -0.1) is 0 Å². The molecule has 4 heteroatoms. The highest BCUT2D eigenvalue weighted by atomic mass is 16.4. The van der Waals surface area contributed by atoms with Gasteiger partial charge in [0, 0.05) is 5.92 Å². The molecule has 0 aromatic heterocycles. The van der Waals surface area contributed by atoms with Gasteiger partial charge in [-0.05, 0) is 45.2 Å². The molecule has 2 atom stereocenters. The predicted octanol–water partition coefficient (Wildman–Crippen LogP) is 4.13. The van der Waals surface area contributed by atoms with Crippen molar-refractivity contribution in [3.63, 3.8) is 0 Å². The van der Waals surface area contributed by atoms with Gasteiger partial charge >= 0.3 is 11.9 Å². The Kier molecular flexibility index (Phi) is 3.53. The highest BCUT2D eigenvalue weighted by molar-refractivity contribution is 5.94. The van der Waals surface area contributed by atoms with E-state index in [4.69, 9.17) is 0 Å². The van der Waals surface area contributed by atoms with Crippen LogP contribution in [0.15, 0.2) is 60.7 Å². The summed E-state index contributed by atoms with van der Waals surface area (Å²) in [6.07, 6.45) is -0.402. The first-order valence-corrected chi connectivity index (χ1v) is 8.13. The fraction of sp³-hybridized carbons (Fsp3) is 0.143. The van der Waals surface area contributed by atoms with Crippen LogP contribution in [0.5, 0.6) is 0 Å². The summed E-state index contributed by atoms with van der Waals surface area (Å²) in [6.45, 7) is 0. The normalized spacial score (nSPS) is 16.2. The van der Waals surface area contributed by atoms with Crippen molar-refractivity contribution in [1.29, 1.82) is 0 Å². The summed E-state index contributed by atoms with van der Waals surface area (Å²) >= 11 is 0. The lowest BCUT2D eigenvalue weighted by molar-refractivity contribution is -0.148. The third-order valence-corrected chi connectivity index (χ3v) is 4.95. The van der Waals surface area contributed by atoms with Crippen molar-refractivity contribution in [1.82, 2.24) is 0 Å². The molecule has 2 N–H and O–H groups in total. The average Bonchev–Trinajstić information content (AvgIpc) is 2.91. The van der Waals surface area contributed by atoms with Gasteiger partial charge in [0.2, 0.25) is 0 Å². The van der Waals surface area contributed by atoms with Crippen LogP contribution in [0.3, 0.4) is 0 Å². The molecule has 0 bridgehead atoms. The van der Waals surface area contributed by atoms with Gasteiger partial charge < -0.3 is 10.2 Å². The maximum Gasteiger partial charge on any atom is 0.308 e. The van der Waals surface area contributed by atoms with Crippen molar-refractivity contribution in [2.24, 2.45) is 5.92 Å². The Morgan fingerprint density at radius 2 is 1.48 bits per heavy atom. The second-order valence-electron chi connectivity index (χ2n) is 6.39. The fourth-order valence-electron chi connectivity index (χ4n) is 3.90. The molecule has 4 rings (SSSR count). The summed E-state index contributed by atoms with van der Waals surface area (Å²) in [5, 5.41) is 21.0. The lowest BCUT2D eigenvalue weighted by Crippen LogP contribution is -2.24. The number of hydrogen-bond acceptors (Lipinski definition) is 2. The number of rotatable bonds is 4. The molecule has 0 saturated heterocycles. The SMILES string of the molecule is O=C(O)CC(C(=O)O)C1c2ccccc2-c2cc3ccccc3cc21. The molecule has 0 radical (unpaired) electrons. The molecule has 3 aromatic rings. The summed E-state index contributed by atoms with van der Waals surface area (Å²) < 4.78 is 0. The smallest absolute Gasteiger partial charge is 0.308 e. The van der Waals surface area contributed by atoms with Crippen LogP contribution < -0.4 is 0 Å². The molecule has 0 aliphatic heterocycles. The minimum atomic E-state index is -1.10. The van der Waals surface area contributed by atoms with E-state index in [1.165, 1.54) is 0 Å². The maximum absolute atomic E-state index is 11.8. The monoisotopic (exact) mass is 332 g/mol. The van der Waals surface area contributed by atoms with E-state index in [1.807, 2.05) is 54.6 Å². The first-order valence-electron chi connectivity index (χ1n) is 8.13. The van der Waals surface area contributed by atoms with E-state index < -0.39 is 30.2 Å². The standard InChI is InChI=1S/C21H16O4/c22-19(23)11-18(21(24)25)20-15-8-4-3-7-14(15)16-9-12-5-1-2-6-13(12)10-17(16)20/h1-10,18,20H,11H2,(H,22,23)(H,24,25). The third kappa shape index (κ3) is 2.47. The third-order valence-electron chi connectivity index (χ3n) is 4.95. The van der Waals surface area contributed by atoms with Crippen molar-refractivity contribution in [3.8, 4) is 11.1 Å². The molecule has 1 aliphatic carbocycles. The van der Waals surface area contributed by atoms with E-state index in [0.717, 1.165) is 33.0 Å². The highest BCUT2D eigenvalue weighted by Gasteiger charge is 2.39.